The van der Waals surface area contributed by atoms with E-state index < -0.39 is 29.1 Å². The fourth-order valence-electron chi connectivity index (χ4n) is 4.20. The fourth-order valence-corrected chi connectivity index (χ4v) is 5.61. The molecule has 0 saturated heterocycles. The number of ether oxygens (including phenoxy) is 1. The van der Waals surface area contributed by atoms with Gasteiger partial charge in [-0.15, -0.1) is 0 Å². The van der Waals surface area contributed by atoms with E-state index in [2.05, 4.69) is 4.98 Å². The van der Waals surface area contributed by atoms with Crippen LogP contribution in [0, 0.1) is 0 Å². The first-order chi connectivity index (χ1) is 15.8. The Morgan fingerprint density at radius 3 is 2.45 bits per heavy atom. The summed E-state index contributed by atoms with van der Waals surface area (Å²) in [6, 6.07) is 11.8. The number of para-hydroxylation sites is 2. The Hall–Kier alpha value is -2.85. The molecule has 10 heteroatoms. The molecule has 176 valence electrons. The van der Waals surface area contributed by atoms with Gasteiger partial charge in [0, 0.05) is 13.1 Å². The molecule has 4 rings (SSSR count). The van der Waals surface area contributed by atoms with Crippen molar-refractivity contribution < 1.29 is 26.7 Å². The van der Waals surface area contributed by atoms with E-state index in [4.69, 9.17) is 4.74 Å². The number of carbonyl (C=O) groups excluding carboxylic acids is 1. The second kappa shape index (κ2) is 9.56. The van der Waals surface area contributed by atoms with E-state index in [1.165, 1.54) is 34.6 Å². The molecule has 0 N–H and O–H groups in total. The van der Waals surface area contributed by atoms with Crippen LogP contribution < -0.4 is 0 Å². The van der Waals surface area contributed by atoms with Crippen molar-refractivity contribution in [2.75, 3.05) is 7.05 Å². The molecule has 3 aromatic rings. The number of sulfonamides is 1. The van der Waals surface area contributed by atoms with Crippen LogP contribution in [0.15, 0.2) is 53.4 Å². The predicted octanol–water partition coefficient (Wildman–Crippen LogP) is 4.74. The lowest BCUT2D eigenvalue weighted by Crippen LogP contribution is -2.38. The van der Waals surface area contributed by atoms with Crippen LogP contribution in [0.25, 0.3) is 11.0 Å². The first-order valence-electron chi connectivity index (χ1n) is 10.8. The minimum Gasteiger partial charge on any atom is -0.454 e. The highest BCUT2D eigenvalue weighted by Crippen LogP contribution is 2.27. The Balaban J connectivity index is 1.46. The van der Waals surface area contributed by atoms with E-state index in [-0.39, 0.29) is 27.8 Å². The van der Waals surface area contributed by atoms with E-state index in [0.717, 1.165) is 36.7 Å². The number of carbonyl (C=O) groups is 1. The third-order valence-corrected chi connectivity index (χ3v) is 7.98. The first kappa shape index (κ1) is 23.3. The number of hydrogen-bond donors (Lipinski definition) is 0. The van der Waals surface area contributed by atoms with Gasteiger partial charge in [0.25, 0.3) is 0 Å². The third kappa shape index (κ3) is 4.77. The number of imidazole rings is 1. The number of alkyl halides is 2. The van der Waals surface area contributed by atoms with E-state index in [1.807, 2.05) is 0 Å². The van der Waals surface area contributed by atoms with Crippen LogP contribution in [0.2, 0.25) is 0 Å². The van der Waals surface area contributed by atoms with Crippen molar-refractivity contribution in [1.82, 2.24) is 13.9 Å². The van der Waals surface area contributed by atoms with Crippen LogP contribution in [0.1, 0.15) is 54.8 Å². The smallest absolute Gasteiger partial charge is 0.338 e. The topological polar surface area (TPSA) is 81.5 Å². The van der Waals surface area contributed by atoms with Crippen molar-refractivity contribution in [3.05, 3.63) is 59.9 Å². The normalized spacial score (nSPS) is 15.4. The summed E-state index contributed by atoms with van der Waals surface area (Å²) in [7, 11) is -2.10. The van der Waals surface area contributed by atoms with Crippen LogP contribution >= 0.6 is 0 Å². The van der Waals surface area contributed by atoms with Gasteiger partial charge in [0.1, 0.15) is 6.61 Å². The molecule has 1 aromatic heterocycles. The van der Waals surface area contributed by atoms with Gasteiger partial charge >= 0.3 is 12.5 Å². The van der Waals surface area contributed by atoms with E-state index in [0.29, 0.717) is 5.52 Å². The molecule has 1 heterocycles. The highest BCUT2D eigenvalue weighted by molar-refractivity contribution is 7.89. The van der Waals surface area contributed by atoms with Crippen molar-refractivity contribution in [2.45, 2.75) is 56.2 Å². The zero-order valence-electron chi connectivity index (χ0n) is 18.2. The molecule has 0 spiro atoms. The summed E-state index contributed by atoms with van der Waals surface area (Å²) in [6.45, 7) is -3.28. The Kier molecular flexibility index (Phi) is 6.76. The molecular weight excluding hydrogens is 452 g/mol. The Bertz CT molecular complexity index is 1240. The lowest BCUT2D eigenvalue weighted by atomic mass is 9.96. The molecule has 1 aliphatic rings. The molecular formula is C23H25F2N3O4S. The van der Waals surface area contributed by atoms with E-state index >= 15 is 0 Å². The summed E-state index contributed by atoms with van der Waals surface area (Å²) in [5.41, 5.74) is 0.740. The van der Waals surface area contributed by atoms with Crippen molar-refractivity contribution in [3.63, 3.8) is 0 Å². The molecule has 0 aliphatic heterocycles. The van der Waals surface area contributed by atoms with Gasteiger partial charge in [0.15, 0.2) is 5.82 Å². The van der Waals surface area contributed by atoms with Gasteiger partial charge in [-0.1, -0.05) is 31.4 Å². The number of halogens is 2. The number of fused-ring (bicyclic) bond motifs is 1. The minimum absolute atomic E-state index is 0.0255. The van der Waals surface area contributed by atoms with Gasteiger partial charge in [-0.3, -0.25) is 4.57 Å². The molecule has 1 aliphatic carbocycles. The maximum absolute atomic E-state index is 13.5. The average Bonchev–Trinajstić information content (AvgIpc) is 3.21. The zero-order chi connectivity index (χ0) is 23.6. The van der Waals surface area contributed by atoms with Crippen molar-refractivity contribution in [2.24, 2.45) is 0 Å². The summed E-state index contributed by atoms with van der Waals surface area (Å²) >= 11 is 0. The van der Waals surface area contributed by atoms with Gasteiger partial charge in [-0.05, 0) is 49.2 Å². The SMILES string of the molecule is CN(C1CCCCC1)S(=O)(=O)c1ccc(C(=O)OCc2nc3ccccc3n2C(F)F)cc1. The van der Waals surface area contributed by atoms with Crippen molar-refractivity contribution in [1.29, 1.82) is 0 Å². The fraction of sp³-hybridized carbons (Fsp3) is 0.391. The quantitative estimate of drug-likeness (QED) is 0.459. The van der Waals surface area contributed by atoms with Crippen molar-refractivity contribution >= 4 is 27.0 Å². The van der Waals surface area contributed by atoms with Gasteiger partial charge < -0.3 is 4.74 Å². The summed E-state index contributed by atoms with van der Waals surface area (Å²) in [5, 5.41) is 0. The first-order valence-corrected chi connectivity index (χ1v) is 12.2. The Morgan fingerprint density at radius 2 is 1.79 bits per heavy atom. The van der Waals surface area contributed by atoms with Gasteiger partial charge in [0.05, 0.1) is 21.5 Å². The summed E-state index contributed by atoms with van der Waals surface area (Å²) in [5.74, 6) is -0.833. The van der Waals surface area contributed by atoms with Gasteiger partial charge in [-0.2, -0.15) is 13.1 Å². The van der Waals surface area contributed by atoms with E-state index in [1.54, 1.807) is 25.2 Å². The van der Waals surface area contributed by atoms with Crippen molar-refractivity contribution in [3.8, 4) is 0 Å². The average molecular weight is 478 g/mol. The number of hydrogen-bond acceptors (Lipinski definition) is 5. The highest BCUT2D eigenvalue weighted by atomic mass is 32.2. The molecule has 2 aromatic carbocycles. The van der Waals surface area contributed by atoms with Crippen LogP contribution in [-0.4, -0.2) is 41.3 Å². The Labute approximate surface area is 191 Å². The molecule has 0 bridgehead atoms. The number of esters is 1. The zero-order valence-corrected chi connectivity index (χ0v) is 19.0. The maximum Gasteiger partial charge on any atom is 0.338 e. The molecule has 1 saturated carbocycles. The lowest BCUT2D eigenvalue weighted by Gasteiger charge is -2.30. The molecule has 0 radical (unpaired) electrons. The molecule has 0 atom stereocenters. The number of aromatic nitrogens is 2. The van der Waals surface area contributed by atoms with E-state index in [9.17, 15) is 22.0 Å². The highest BCUT2D eigenvalue weighted by Gasteiger charge is 2.29. The molecule has 1 fully saturated rings. The Morgan fingerprint density at radius 1 is 1.12 bits per heavy atom. The molecule has 7 nitrogen and oxygen atoms in total. The van der Waals surface area contributed by atoms with Crippen LogP contribution in [-0.2, 0) is 21.4 Å². The minimum atomic E-state index is -3.68. The molecule has 0 amide bonds. The number of rotatable bonds is 7. The summed E-state index contributed by atoms with van der Waals surface area (Å²) in [6.07, 6.45) is 4.81. The lowest BCUT2D eigenvalue weighted by molar-refractivity contribution is 0.0387. The number of benzene rings is 2. The second-order valence-corrected chi connectivity index (χ2v) is 10.1. The van der Waals surface area contributed by atoms with Gasteiger partial charge in [-0.25, -0.2) is 18.2 Å². The third-order valence-electron chi connectivity index (χ3n) is 6.05. The number of nitrogens with zero attached hydrogens (tertiary/aromatic N) is 3. The second-order valence-electron chi connectivity index (χ2n) is 8.08. The van der Waals surface area contributed by atoms with Gasteiger partial charge in [0.2, 0.25) is 10.0 Å². The predicted molar refractivity (Wildman–Crippen MR) is 118 cm³/mol. The largest absolute Gasteiger partial charge is 0.454 e. The monoisotopic (exact) mass is 477 g/mol. The standard InChI is InChI=1S/C23H25F2N3O4S/c1-27(17-7-3-2-4-8-17)33(30,31)18-13-11-16(12-14-18)22(29)32-15-21-26-19-9-5-6-10-20(19)28(21)23(24)25/h5-6,9-14,17,23H,2-4,7-8,15H2,1H3. The maximum atomic E-state index is 13.5. The molecule has 0 unspecified atom stereocenters. The van der Waals surface area contributed by atoms with Crippen LogP contribution in [0.4, 0.5) is 8.78 Å². The summed E-state index contributed by atoms with van der Waals surface area (Å²) < 4.78 is 60.2. The van der Waals surface area contributed by atoms with Crippen LogP contribution in [0.5, 0.6) is 0 Å². The summed E-state index contributed by atoms with van der Waals surface area (Å²) in [4.78, 5) is 16.7. The molecule has 33 heavy (non-hydrogen) atoms. The van der Waals surface area contributed by atoms with Crippen LogP contribution in [0.3, 0.4) is 0 Å².